The number of fused-ring (bicyclic) bond motifs is 12. The lowest BCUT2D eigenvalue weighted by atomic mass is 9.85. The van der Waals surface area contributed by atoms with Crippen LogP contribution < -0.4 is 0 Å². The number of rotatable bonds is 3. The van der Waals surface area contributed by atoms with Crippen LogP contribution in [0.5, 0.6) is 0 Å². The van der Waals surface area contributed by atoms with E-state index >= 15 is 0 Å². The lowest BCUT2D eigenvalue weighted by molar-refractivity contribution is 0.635. The lowest BCUT2D eigenvalue weighted by Crippen LogP contribution is -1.91. The summed E-state index contributed by atoms with van der Waals surface area (Å²) in [6.07, 6.45) is 0. The van der Waals surface area contributed by atoms with Crippen LogP contribution in [-0.4, -0.2) is 0 Å². The van der Waals surface area contributed by atoms with Crippen molar-refractivity contribution in [2.24, 2.45) is 0 Å². The first-order chi connectivity index (χ1) is 26.8. The van der Waals surface area contributed by atoms with Crippen LogP contribution in [0.15, 0.2) is 191 Å². The summed E-state index contributed by atoms with van der Waals surface area (Å²) in [6, 6.07) is 65.8. The SMILES string of the molecule is c1cc(-c2c3ccccc3c(-c3ccc4ccccc4c3)c3ccccc23)cc(-c2cc3c4ccc5c6ccccc6oc5c4oc3c3ccccc23)c1. The summed E-state index contributed by atoms with van der Waals surface area (Å²) in [5, 5.41) is 14.0. The zero-order valence-corrected chi connectivity index (χ0v) is 29.1. The molecule has 2 heteroatoms. The van der Waals surface area contributed by atoms with Gasteiger partial charge in [-0.1, -0.05) is 146 Å². The summed E-state index contributed by atoms with van der Waals surface area (Å²) in [7, 11) is 0. The molecule has 12 rings (SSSR count). The molecule has 0 fully saturated rings. The lowest BCUT2D eigenvalue weighted by Gasteiger charge is -2.18. The van der Waals surface area contributed by atoms with E-state index in [2.05, 4.69) is 170 Å². The van der Waals surface area contributed by atoms with Crippen molar-refractivity contribution in [3.63, 3.8) is 0 Å². The van der Waals surface area contributed by atoms with Crippen LogP contribution >= 0.6 is 0 Å². The normalized spacial score (nSPS) is 12.1. The minimum absolute atomic E-state index is 0.791. The number of hydrogen-bond acceptors (Lipinski definition) is 2. The second-order valence-electron chi connectivity index (χ2n) is 14.3. The van der Waals surface area contributed by atoms with Crippen molar-refractivity contribution in [2.75, 3.05) is 0 Å². The van der Waals surface area contributed by atoms with Gasteiger partial charge in [0.25, 0.3) is 0 Å². The van der Waals surface area contributed by atoms with Crippen LogP contribution in [0.1, 0.15) is 0 Å². The molecular weight excluding hydrogens is 657 g/mol. The van der Waals surface area contributed by atoms with Gasteiger partial charge >= 0.3 is 0 Å². The van der Waals surface area contributed by atoms with Gasteiger partial charge in [0.05, 0.1) is 0 Å². The summed E-state index contributed by atoms with van der Waals surface area (Å²) in [5.74, 6) is 0. The predicted molar refractivity (Wildman–Crippen MR) is 227 cm³/mol. The van der Waals surface area contributed by atoms with E-state index in [1.165, 1.54) is 60.1 Å². The van der Waals surface area contributed by atoms with Gasteiger partial charge < -0.3 is 8.83 Å². The molecule has 54 heavy (non-hydrogen) atoms. The Labute approximate surface area is 310 Å². The summed E-state index contributed by atoms with van der Waals surface area (Å²) < 4.78 is 13.2. The van der Waals surface area contributed by atoms with Crippen LogP contribution in [0, 0.1) is 0 Å². The molecule has 0 unspecified atom stereocenters. The molecule has 2 aromatic heterocycles. The standard InChI is InChI=1S/C52H30O2/c1-2-13-32-28-35(25-24-31(32)12-1)49-40-20-6-4-18-38(40)48(39-19-5-7-21-41(39)49)34-15-11-14-33(29-34)45-30-46-44-27-26-43-37-17-9-10-23-47(37)53-51(43)52(44)54-50(46)42-22-8-3-16-36(42)45/h1-30H. The maximum absolute atomic E-state index is 6.77. The first-order valence-corrected chi connectivity index (χ1v) is 18.5. The molecule has 0 spiro atoms. The second kappa shape index (κ2) is 11.2. The fourth-order valence-corrected chi connectivity index (χ4v) is 9.01. The van der Waals surface area contributed by atoms with Crippen molar-refractivity contribution in [1.29, 1.82) is 0 Å². The van der Waals surface area contributed by atoms with E-state index in [4.69, 9.17) is 8.83 Å². The van der Waals surface area contributed by atoms with Gasteiger partial charge in [-0.25, -0.2) is 0 Å². The highest BCUT2D eigenvalue weighted by molar-refractivity contribution is 6.25. The van der Waals surface area contributed by atoms with Gasteiger partial charge in [-0.3, -0.25) is 0 Å². The maximum atomic E-state index is 6.77. The number of benzene rings is 10. The monoisotopic (exact) mass is 686 g/mol. The first kappa shape index (κ1) is 29.4. The summed E-state index contributed by atoms with van der Waals surface area (Å²) in [5.41, 5.74) is 10.6. The van der Waals surface area contributed by atoms with E-state index in [1.807, 2.05) is 12.1 Å². The van der Waals surface area contributed by atoms with Gasteiger partial charge in [0.15, 0.2) is 11.2 Å². The quantitative estimate of drug-likeness (QED) is 0.173. The first-order valence-electron chi connectivity index (χ1n) is 18.5. The van der Waals surface area contributed by atoms with Crippen molar-refractivity contribution in [3.05, 3.63) is 182 Å². The Hall–Kier alpha value is -7.16. The van der Waals surface area contributed by atoms with Crippen LogP contribution in [0.3, 0.4) is 0 Å². The van der Waals surface area contributed by atoms with E-state index in [0.717, 1.165) is 60.2 Å². The fraction of sp³-hybridized carbons (Fsp3) is 0. The van der Waals surface area contributed by atoms with E-state index in [0.29, 0.717) is 0 Å². The van der Waals surface area contributed by atoms with Gasteiger partial charge in [-0.15, -0.1) is 0 Å². The molecule has 12 aromatic rings. The van der Waals surface area contributed by atoms with Crippen molar-refractivity contribution >= 4 is 87.0 Å². The van der Waals surface area contributed by atoms with E-state index in [-0.39, 0.29) is 0 Å². The summed E-state index contributed by atoms with van der Waals surface area (Å²) >= 11 is 0. The van der Waals surface area contributed by atoms with Crippen molar-refractivity contribution in [2.45, 2.75) is 0 Å². The molecular formula is C52H30O2. The van der Waals surface area contributed by atoms with Crippen molar-refractivity contribution in [1.82, 2.24) is 0 Å². The third kappa shape index (κ3) is 4.17. The highest BCUT2D eigenvalue weighted by Crippen LogP contribution is 2.47. The summed E-state index contributed by atoms with van der Waals surface area (Å²) in [6.45, 7) is 0. The average Bonchev–Trinajstić information content (AvgIpc) is 3.81. The van der Waals surface area contributed by atoms with Crippen LogP contribution in [0.25, 0.3) is 120 Å². The largest absolute Gasteiger partial charge is 0.452 e. The molecule has 0 amide bonds. The molecule has 2 nitrogen and oxygen atoms in total. The van der Waals surface area contributed by atoms with E-state index in [1.54, 1.807) is 0 Å². The third-order valence-electron chi connectivity index (χ3n) is 11.4. The Morgan fingerprint density at radius 2 is 0.778 bits per heavy atom. The molecule has 0 aliphatic rings. The van der Waals surface area contributed by atoms with Crippen LogP contribution in [-0.2, 0) is 0 Å². The molecule has 0 saturated heterocycles. The molecule has 2 heterocycles. The minimum Gasteiger partial charge on any atom is -0.452 e. The number of furan rings is 2. The predicted octanol–water partition coefficient (Wildman–Crippen LogP) is 15.1. The van der Waals surface area contributed by atoms with Crippen molar-refractivity contribution < 1.29 is 8.83 Å². The molecule has 0 aliphatic heterocycles. The Balaban J connectivity index is 1.10. The van der Waals surface area contributed by atoms with Gasteiger partial charge in [0, 0.05) is 26.9 Å². The highest BCUT2D eigenvalue weighted by atomic mass is 16.4. The minimum atomic E-state index is 0.791. The Kier molecular flexibility index (Phi) is 6.09. The smallest absolute Gasteiger partial charge is 0.178 e. The fourth-order valence-electron chi connectivity index (χ4n) is 9.01. The van der Waals surface area contributed by atoms with E-state index < -0.39 is 0 Å². The van der Waals surface area contributed by atoms with Crippen LogP contribution in [0.2, 0.25) is 0 Å². The molecule has 250 valence electrons. The molecule has 0 atom stereocenters. The Morgan fingerprint density at radius 1 is 0.259 bits per heavy atom. The molecule has 0 N–H and O–H groups in total. The molecule has 10 aromatic carbocycles. The highest BCUT2D eigenvalue weighted by Gasteiger charge is 2.21. The van der Waals surface area contributed by atoms with Crippen molar-refractivity contribution in [3.8, 4) is 33.4 Å². The van der Waals surface area contributed by atoms with Gasteiger partial charge in [-0.2, -0.15) is 0 Å². The molecule has 0 saturated carbocycles. The van der Waals surface area contributed by atoms with Gasteiger partial charge in [0.1, 0.15) is 11.2 Å². The molecule has 0 radical (unpaired) electrons. The van der Waals surface area contributed by atoms with Gasteiger partial charge in [-0.05, 0) is 107 Å². The Bertz CT molecular complexity index is 3450. The number of hydrogen-bond donors (Lipinski definition) is 0. The maximum Gasteiger partial charge on any atom is 0.178 e. The van der Waals surface area contributed by atoms with Gasteiger partial charge in [0.2, 0.25) is 0 Å². The Morgan fingerprint density at radius 3 is 1.50 bits per heavy atom. The van der Waals surface area contributed by atoms with E-state index in [9.17, 15) is 0 Å². The average molecular weight is 687 g/mol. The molecule has 0 aliphatic carbocycles. The zero-order chi connectivity index (χ0) is 35.3. The van der Waals surface area contributed by atoms with Crippen LogP contribution in [0.4, 0.5) is 0 Å². The second-order valence-corrected chi connectivity index (χ2v) is 14.3. The summed E-state index contributed by atoms with van der Waals surface area (Å²) in [4.78, 5) is 0. The topological polar surface area (TPSA) is 26.3 Å². The molecule has 0 bridgehead atoms. The number of para-hydroxylation sites is 1. The third-order valence-corrected chi connectivity index (χ3v) is 11.4. The zero-order valence-electron chi connectivity index (χ0n) is 29.1.